The predicted molar refractivity (Wildman–Crippen MR) is 81.3 cm³/mol. The van der Waals surface area contributed by atoms with Crippen LogP contribution in [0.3, 0.4) is 0 Å². The first-order valence-corrected chi connectivity index (χ1v) is 7.58. The van der Waals surface area contributed by atoms with E-state index in [1.54, 1.807) is 12.1 Å². The molecule has 0 aliphatic heterocycles. The monoisotopic (exact) mass is 285 g/mol. The lowest BCUT2D eigenvalue weighted by Gasteiger charge is -2.20. The van der Waals surface area contributed by atoms with Gasteiger partial charge in [-0.15, -0.1) is 0 Å². The van der Waals surface area contributed by atoms with Gasteiger partial charge in [-0.1, -0.05) is 38.4 Å². The summed E-state index contributed by atoms with van der Waals surface area (Å²) >= 11 is 6.10. The largest absolute Gasteiger partial charge is 0.314 e. The van der Waals surface area contributed by atoms with Crippen molar-refractivity contribution in [3.63, 3.8) is 0 Å². The zero-order chi connectivity index (χ0) is 14.3. The quantitative estimate of drug-likeness (QED) is 0.722. The summed E-state index contributed by atoms with van der Waals surface area (Å²) in [6.07, 6.45) is 3.96. The standard InChI is InChI=1S/C16H25ClFN/c1-4-10-19-13(9-8-12(2)3)11-14-15(17)6-5-7-16(14)18/h5-7,12-13,19H,4,8-11H2,1-3H3. The Morgan fingerprint density at radius 3 is 2.58 bits per heavy atom. The van der Waals surface area contributed by atoms with E-state index >= 15 is 0 Å². The third-order valence-electron chi connectivity index (χ3n) is 3.29. The maximum absolute atomic E-state index is 13.8. The number of hydrogen-bond donors (Lipinski definition) is 1. The van der Waals surface area contributed by atoms with Crippen molar-refractivity contribution in [2.45, 2.75) is 52.5 Å². The van der Waals surface area contributed by atoms with Crippen LogP contribution in [-0.2, 0) is 6.42 Å². The highest BCUT2D eigenvalue weighted by molar-refractivity contribution is 6.31. The summed E-state index contributed by atoms with van der Waals surface area (Å²) < 4.78 is 13.8. The number of halogens is 2. The topological polar surface area (TPSA) is 12.0 Å². The Hall–Kier alpha value is -0.600. The summed E-state index contributed by atoms with van der Waals surface area (Å²) in [7, 11) is 0. The van der Waals surface area contributed by atoms with E-state index in [1.165, 1.54) is 6.07 Å². The predicted octanol–water partition coefficient (Wildman–Crippen LogP) is 4.83. The molecule has 1 N–H and O–H groups in total. The minimum Gasteiger partial charge on any atom is -0.314 e. The van der Waals surface area contributed by atoms with Crippen molar-refractivity contribution >= 4 is 11.6 Å². The first-order chi connectivity index (χ1) is 9.04. The van der Waals surface area contributed by atoms with Gasteiger partial charge in [0, 0.05) is 16.6 Å². The van der Waals surface area contributed by atoms with Gasteiger partial charge in [0.25, 0.3) is 0 Å². The Morgan fingerprint density at radius 2 is 2.00 bits per heavy atom. The van der Waals surface area contributed by atoms with E-state index in [4.69, 9.17) is 11.6 Å². The lowest BCUT2D eigenvalue weighted by Crippen LogP contribution is -2.32. The Bertz CT molecular complexity index is 359. The molecule has 0 amide bonds. The van der Waals surface area contributed by atoms with Crippen molar-refractivity contribution in [3.8, 4) is 0 Å². The molecule has 0 radical (unpaired) electrons. The molecule has 0 aliphatic carbocycles. The second kappa shape index (κ2) is 8.55. The van der Waals surface area contributed by atoms with Gasteiger partial charge in [0.2, 0.25) is 0 Å². The van der Waals surface area contributed by atoms with Gasteiger partial charge in [0.15, 0.2) is 0 Å². The second-order valence-electron chi connectivity index (χ2n) is 5.53. The average molecular weight is 286 g/mol. The molecule has 1 aromatic carbocycles. The fourth-order valence-corrected chi connectivity index (χ4v) is 2.37. The lowest BCUT2D eigenvalue weighted by atomic mass is 9.97. The molecule has 1 atom stereocenters. The van der Waals surface area contributed by atoms with Crippen LogP contribution >= 0.6 is 11.6 Å². The van der Waals surface area contributed by atoms with Gasteiger partial charge < -0.3 is 5.32 Å². The molecule has 0 heterocycles. The zero-order valence-electron chi connectivity index (χ0n) is 12.2. The van der Waals surface area contributed by atoms with E-state index in [0.717, 1.165) is 25.8 Å². The highest BCUT2D eigenvalue weighted by atomic mass is 35.5. The van der Waals surface area contributed by atoms with Gasteiger partial charge >= 0.3 is 0 Å². The zero-order valence-corrected chi connectivity index (χ0v) is 12.9. The minimum atomic E-state index is -0.194. The number of benzene rings is 1. The van der Waals surface area contributed by atoms with Crippen LogP contribution in [0.5, 0.6) is 0 Å². The van der Waals surface area contributed by atoms with Crippen molar-refractivity contribution < 1.29 is 4.39 Å². The maximum atomic E-state index is 13.8. The average Bonchev–Trinajstić information content (AvgIpc) is 2.36. The van der Waals surface area contributed by atoms with Crippen molar-refractivity contribution in [1.82, 2.24) is 5.32 Å². The molecular weight excluding hydrogens is 261 g/mol. The van der Waals surface area contributed by atoms with Crippen LogP contribution < -0.4 is 5.32 Å². The third-order valence-corrected chi connectivity index (χ3v) is 3.64. The summed E-state index contributed by atoms with van der Waals surface area (Å²) in [5, 5.41) is 4.04. The van der Waals surface area contributed by atoms with Crippen molar-refractivity contribution in [2.24, 2.45) is 5.92 Å². The van der Waals surface area contributed by atoms with Gasteiger partial charge in [0.05, 0.1) is 0 Å². The summed E-state index contributed by atoms with van der Waals surface area (Å²) in [5.74, 6) is 0.474. The molecule has 1 unspecified atom stereocenters. The van der Waals surface area contributed by atoms with Gasteiger partial charge in [0.1, 0.15) is 5.82 Å². The number of hydrogen-bond acceptors (Lipinski definition) is 1. The second-order valence-corrected chi connectivity index (χ2v) is 5.93. The maximum Gasteiger partial charge on any atom is 0.127 e. The van der Waals surface area contributed by atoms with Crippen LogP contribution in [0.4, 0.5) is 4.39 Å². The van der Waals surface area contributed by atoms with Crippen molar-refractivity contribution in [3.05, 3.63) is 34.6 Å². The molecule has 1 aromatic rings. The highest BCUT2D eigenvalue weighted by Crippen LogP contribution is 2.22. The van der Waals surface area contributed by atoms with E-state index in [-0.39, 0.29) is 5.82 Å². The molecule has 0 aliphatic rings. The normalized spacial score (nSPS) is 12.9. The molecule has 0 bridgehead atoms. The van der Waals surface area contributed by atoms with Crippen LogP contribution in [-0.4, -0.2) is 12.6 Å². The fourth-order valence-electron chi connectivity index (χ4n) is 2.13. The van der Waals surface area contributed by atoms with Gasteiger partial charge in [-0.25, -0.2) is 4.39 Å². The molecular formula is C16H25ClFN. The summed E-state index contributed by atoms with van der Waals surface area (Å²) in [6.45, 7) is 7.54. The molecule has 1 rings (SSSR count). The highest BCUT2D eigenvalue weighted by Gasteiger charge is 2.14. The minimum absolute atomic E-state index is 0.194. The Balaban J connectivity index is 2.69. The van der Waals surface area contributed by atoms with E-state index in [9.17, 15) is 4.39 Å². The molecule has 1 nitrogen and oxygen atoms in total. The van der Waals surface area contributed by atoms with Gasteiger partial charge in [-0.2, -0.15) is 0 Å². The fraction of sp³-hybridized carbons (Fsp3) is 0.625. The molecule has 0 saturated heterocycles. The summed E-state index contributed by atoms with van der Waals surface area (Å²) in [4.78, 5) is 0. The lowest BCUT2D eigenvalue weighted by molar-refractivity contribution is 0.422. The molecule has 3 heteroatoms. The summed E-state index contributed by atoms with van der Waals surface area (Å²) in [6, 6.07) is 5.21. The number of nitrogens with one attached hydrogen (secondary N) is 1. The van der Waals surface area contributed by atoms with Gasteiger partial charge in [-0.3, -0.25) is 0 Å². The van der Waals surface area contributed by atoms with Crippen LogP contribution in [0.25, 0.3) is 0 Å². The first kappa shape index (κ1) is 16.5. The van der Waals surface area contributed by atoms with Crippen molar-refractivity contribution in [1.29, 1.82) is 0 Å². The van der Waals surface area contributed by atoms with E-state index < -0.39 is 0 Å². The van der Waals surface area contributed by atoms with Crippen LogP contribution in [0, 0.1) is 11.7 Å². The smallest absolute Gasteiger partial charge is 0.127 e. The molecule has 0 aromatic heterocycles. The van der Waals surface area contributed by atoms with E-state index in [1.807, 2.05) is 0 Å². The van der Waals surface area contributed by atoms with Crippen LogP contribution in [0.1, 0.15) is 45.6 Å². The molecule has 108 valence electrons. The van der Waals surface area contributed by atoms with Gasteiger partial charge in [-0.05, 0) is 50.3 Å². The van der Waals surface area contributed by atoms with Crippen molar-refractivity contribution in [2.75, 3.05) is 6.54 Å². The Kier molecular flexibility index (Phi) is 7.40. The molecule has 0 saturated carbocycles. The number of rotatable bonds is 8. The summed E-state index contributed by atoms with van der Waals surface area (Å²) in [5.41, 5.74) is 0.640. The molecule has 19 heavy (non-hydrogen) atoms. The van der Waals surface area contributed by atoms with E-state index in [0.29, 0.717) is 29.0 Å². The van der Waals surface area contributed by atoms with Crippen LogP contribution in [0.2, 0.25) is 5.02 Å². The SMILES string of the molecule is CCCNC(CCC(C)C)Cc1c(F)cccc1Cl. The van der Waals surface area contributed by atoms with E-state index in [2.05, 4.69) is 26.1 Å². The van der Waals surface area contributed by atoms with Crippen LogP contribution in [0.15, 0.2) is 18.2 Å². The Morgan fingerprint density at radius 1 is 1.26 bits per heavy atom. The Labute approximate surface area is 121 Å². The third kappa shape index (κ3) is 5.92. The first-order valence-electron chi connectivity index (χ1n) is 7.20. The molecule has 0 spiro atoms. The molecule has 0 fully saturated rings.